The van der Waals surface area contributed by atoms with Crippen LogP contribution in [0, 0.1) is 30.1 Å². The van der Waals surface area contributed by atoms with Crippen molar-refractivity contribution < 1.29 is 4.79 Å². The lowest BCUT2D eigenvalue weighted by Crippen LogP contribution is -2.41. The molecule has 4 atom stereocenters. The number of amides is 1. The van der Waals surface area contributed by atoms with E-state index in [0.717, 1.165) is 43.2 Å². The molecule has 190 valence electrons. The van der Waals surface area contributed by atoms with Crippen LogP contribution in [-0.4, -0.2) is 46.5 Å². The van der Waals surface area contributed by atoms with Crippen molar-refractivity contribution in [2.75, 3.05) is 35.6 Å². The lowest BCUT2D eigenvalue weighted by atomic mass is 9.59. The highest BCUT2D eigenvalue weighted by molar-refractivity contribution is 5.94. The van der Waals surface area contributed by atoms with Gasteiger partial charge in [-0.3, -0.25) is 4.79 Å². The standard InChI is InChI=1S/C26H40N8O/c1-15-6-8-18(22(27)35)12-21(15)31-25-33-23(32-24(34-25)30-20-10-11-28-14-20)29-13-19-9-7-16(2)26(4,5)17(19)3/h6,8,12,16-17,19-20,28H,7,9-11,13-14H2,1-5H3,(H2,27,35)(H3,29,30,31,32,33,34)/t16-,17-,19-,20+/m0/s1. The first kappa shape index (κ1) is 25.2. The van der Waals surface area contributed by atoms with Crippen LogP contribution in [0.5, 0.6) is 0 Å². The number of nitrogens with two attached hydrogens (primary N) is 1. The molecule has 6 N–H and O–H groups in total. The molecule has 35 heavy (non-hydrogen) atoms. The second kappa shape index (κ2) is 10.4. The Morgan fingerprint density at radius 2 is 1.86 bits per heavy atom. The second-order valence-corrected chi connectivity index (χ2v) is 10.9. The molecule has 1 amide bonds. The second-order valence-electron chi connectivity index (χ2n) is 10.9. The quantitative estimate of drug-likeness (QED) is 0.384. The van der Waals surface area contributed by atoms with Gasteiger partial charge in [-0.25, -0.2) is 0 Å². The first-order chi connectivity index (χ1) is 16.6. The molecule has 4 rings (SSSR count). The number of primary amides is 1. The summed E-state index contributed by atoms with van der Waals surface area (Å²) in [4.78, 5) is 25.6. The van der Waals surface area contributed by atoms with Gasteiger partial charge in [0.25, 0.3) is 0 Å². The van der Waals surface area contributed by atoms with E-state index in [1.54, 1.807) is 12.1 Å². The van der Waals surface area contributed by atoms with Crippen LogP contribution in [0.15, 0.2) is 18.2 Å². The van der Waals surface area contributed by atoms with Gasteiger partial charge in [0, 0.05) is 30.4 Å². The number of aromatic nitrogens is 3. The number of anilines is 4. The monoisotopic (exact) mass is 480 g/mol. The Hall–Kier alpha value is -2.94. The van der Waals surface area contributed by atoms with Gasteiger partial charge in [0.05, 0.1) is 0 Å². The molecule has 1 saturated carbocycles. The van der Waals surface area contributed by atoms with Crippen LogP contribution >= 0.6 is 0 Å². The summed E-state index contributed by atoms with van der Waals surface area (Å²) in [7, 11) is 0. The van der Waals surface area contributed by atoms with Crippen LogP contribution in [0.2, 0.25) is 0 Å². The molecule has 1 saturated heterocycles. The van der Waals surface area contributed by atoms with Gasteiger partial charge in [0.1, 0.15) is 0 Å². The number of aryl methyl sites for hydroxylation is 1. The van der Waals surface area contributed by atoms with Crippen LogP contribution < -0.4 is 27.0 Å². The third kappa shape index (κ3) is 5.83. The highest BCUT2D eigenvalue weighted by Gasteiger charge is 2.40. The highest BCUT2D eigenvalue weighted by Crippen LogP contribution is 2.47. The Labute approximate surface area is 208 Å². The lowest BCUT2D eigenvalue weighted by Gasteiger charge is -2.47. The summed E-state index contributed by atoms with van der Waals surface area (Å²) in [5.41, 5.74) is 7.93. The number of benzene rings is 1. The van der Waals surface area contributed by atoms with Crippen molar-refractivity contribution in [1.82, 2.24) is 20.3 Å². The van der Waals surface area contributed by atoms with Crippen LogP contribution in [0.25, 0.3) is 0 Å². The van der Waals surface area contributed by atoms with Gasteiger partial charge in [0.15, 0.2) is 0 Å². The Bertz CT molecular complexity index is 1050. The summed E-state index contributed by atoms with van der Waals surface area (Å²) >= 11 is 0. The van der Waals surface area contributed by atoms with E-state index in [0.29, 0.717) is 40.7 Å². The molecule has 2 aliphatic rings. The first-order valence-corrected chi connectivity index (χ1v) is 12.8. The molecule has 1 aromatic carbocycles. The molecule has 1 aliphatic heterocycles. The van der Waals surface area contributed by atoms with E-state index in [2.05, 4.69) is 63.9 Å². The molecule has 2 heterocycles. The average molecular weight is 481 g/mol. The molecule has 9 heteroatoms. The summed E-state index contributed by atoms with van der Waals surface area (Å²) < 4.78 is 0. The van der Waals surface area contributed by atoms with Gasteiger partial charge in [0.2, 0.25) is 23.8 Å². The van der Waals surface area contributed by atoms with Crippen molar-refractivity contribution in [2.24, 2.45) is 28.9 Å². The van der Waals surface area contributed by atoms with Crippen LogP contribution in [0.3, 0.4) is 0 Å². The van der Waals surface area contributed by atoms with Gasteiger partial charge in [-0.2, -0.15) is 15.0 Å². The fraction of sp³-hybridized carbons (Fsp3) is 0.615. The molecular formula is C26H40N8O. The minimum absolute atomic E-state index is 0.277. The van der Waals surface area contributed by atoms with Gasteiger partial charge < -0.3 is 27.0 Å². The summed E-state index contributed by atoms with van der Waals surface area (Å²) in [6.07, 6.45) is 3.46. The molecule has 0 spiro atoms. The third-order valence-electron chi connectivity index (χ3n) is 8.44. The fourth-order valence-corrected chi connectivity index (χ4v) is 5.21. The van der Waals surface area contributed by atoms with E-state index in [-0.39, 0.29) is 6.04 Å². The molecular weight excluding hydrogens is 440 g/mol. The van der Waals surface area contributed by atoms with E-state index in [4.69, 9.17) is 5.73 Å². The zero-order valence-electron chi connectivity index (χ0n) is 21.6. The maximum Gasteiger partial charge on any atom is 0.248 e. The van der Waals surface area contributed by atoms with Crippen LogP contribution in [-0.2, 0) is 0 Å². The first-order valence-electron chi connectivity index (χ1n) is 12.8. The van der Waals surface area contributed by atoms with Crippen LogP contribution in [0.1, 0.15) is 62.9 Å². The maximum atomic E-state index is 11.7. The zero-order chi connectivity index (χ0) is 25.2. The molecule has 2 aromatic rings. The van der Waals surface area contributed by atoms with Crippen LogP contribution in [0.4, 0.5) is 23.5 Å². The Kier molecular flexibility index (Phi) is 7.44. The highest BCUT2D eigenvalue weighted by atomic mass is 16.1. The van der Waals surface area contributed by atoms with Crippen molar-refractivity contribution >= 4 is 29.4 Å². The van der Waals surface area contributed by atoms with Crippen molar-refractivity contribution in [3.63, 3.8) is 0 Å². The normalized spacial score (nSPS) is 25.7. The summed E-state index contributed by atoms with van der Waals surface area (Å²) in [6.45, 7) is 14.2. The van der Waals surface area contributed by atoms with Crippen molar-refractivity contribution in [2.45, 2.75) is 59.9 Å². The zero-order valence-corrected chi connectivity index (χ0v) is 21.6. The fourth-order valence-electron chi connectivity index (χ4n) is 5.21. The SMILES string of the molecule is Cc1ccc(C(N)=O)cc1Nc1nc(NC[C@@H]2CC[C@H](C)C(C)(C)[C@H]2C)nc(N[C@@H]2CCNC2)n1. The third-order valence-corrected chi connectivity index (χ3v) is 8.44. The minimum Gasteiger partial charge on any atom is -0.366 e. The van der Waals surface area contributed by atoms with Gasteiger partial charge in [-0.15, -0.1) is 0 Å². The van der Waals surface area contributed by atoms with E-state index < -0.39 is 5.91 Å². The number of rotatable bonds is 8. The number of hydrogen-bond acceptors (Lipinski definition) is 8. The number of carbonyl (C=O) groups excluding carboxylic acids is 1. The Morgan fingerprint density at radius 3 is 2.57 bits per heavy atom. The van der Waals surface area contributed by atoms with Gasteiger partial charge in [-0.05, 0) is 73.6 Å². The molecule has 0 bridgehead atoms. The molecule has 0 unspecified atom stereocenters. The minimum atomic E-state index is -0.471. The largest absolute Gasteiger partial charge is 0.366 e. The Balaban J connectivity index is 1.55. The molecule has 0 radical (unpaired) electrons. The van der Waals surface area contributed by atoms with E-state index in [9.17, 15) is 4.79 Å². The van der Waals surface area contributed by atoms with E-state index >= 15 is 0 Å². The smallest absolute Gasteiger partial charge is 0.248 e. The number of hydrogen-bond donors (Lipinski definition) is 5. The molecule has 9 nitrogen and oxygen atoms in total. The molecule has 1 aromatic heterocycles. The maximum absolute atomic E-state index is 11.7. The molecule has 2 fully saturated rings. The summed E-state index contributed by atoms with van der Waals surface area (Å²) in [6, 6.07) is 5.59. The van der Waals surface area contributed by atoms with Crippen molar-refractivity contribution in [3.05, 3.63) is 29.3 Å². The Morgan fingerprint density at radius 1 is 1.11 bits per heavy atom. The van der Waals surface area contributed by atoms with Crippen molar-refractivity contribution in [1.29, 1.82) is 0 Å². The predicted octanol–water partition coefficient (Wildman–Crippen LogP) is 3.92. The van der Waals surface area contributed by atoms with E-state index in [1.807, 2.05) is 13.0 Å². The summed E-state index contributed by atoms with van der Waals surface area (Å²) in [5.74, 6) is 2.90. The van der Waals surface area contributed by atoms with E-state index in [1.165, 1.54) is 12.8 Å². The van der Waals surface area contributed by atoms with Gasteiger partial charge >= 0.3 is 0 Å². The lowest BCUT2D eigenvalue weighted by molar-refractivity contribution is 0.0381. The predicted molar refractivity (Wildman–Crippen MR) is 141 cm³/mol. The molecule has 1 aliphatic carbocycles. The topological polar surface area (TPSA) is 130 Å². The van der Waals surface area contributed by atoms with Crippen molar-refractivity contribution in [3.8, 4) is 0 Å². The average Bonchev–Trinajstić information content (AvgIpc) is 3.31. The number of nitrogens with one attached hydrogen (secondary N) is 4. The number of carbonyl (C=O) groups is 1. The summed E-state index contributed by atoms with van der Waals surface area (Å²) in [5, 5.41) is 13.6. The van der Waals surface area contributed by atoms with Gasteiger partial charge in [-0.1, -0.05) is 33.8 Å². The number of nitrogens with zero attached hydrogens (tertiary/aromatic N) is 3.